The lowest BCUT2D eigenvalue weighted by Gasteiger charge is -2.29. The van der Waals surface area contributed by atoms with Crippen molar-refractivity contribution in [2.24, 2.45) is 0 Å². The Balaban J connectivity index is 1.40. The van der Waals surface area contributed by atoms with E-state index in [1.807, 2.05) is 6.20 Å². The molecule has 1 fully saturated rings. The average Bonchev–Trinajstić information content (AvgIpc) is 3.23. The molecule has 2 aromatic carbocycles. The molecule has 0 aliphatic carbocycles. The van der Waals surface area contributed by atoms with Gasteiger partial charge in [0.15, 0.2) is 5.82 Å². The van der Waals surface area contributed by atoms with E-state index < -0.39 is 0 Å². The van der Waals surface area contributed by atoms with Crippen molar-refractivity contribution in [1.82, 2.24) is 20.2 Å². The molecule has 5 rings (SSSR count). The fourth-order valence-electron chi connectivity index (χ4n) is 4.12. The van der Waals surface area contributed by atoms with Gasteiger partial charge in [-0.05, 0) is 35.4 Å². The van der Waals surface area contributed by atoms with Crippen LogP contribution in [0.4, 0.5) is 5.69 Å². The van der Waals surface area contributed by atoms with Crippen LogP contribution in [-0.2, 0) is 13.2 Å². The first-order chi connectivity index (χ1) is 14.8. The van der Waals surface area contributed by atoms with E-state index in [-0.39, 0.29) is 6.61 Å². The number of nitrogens with one attached hydrogen (secondary N) is 2. The smallest absolute Gasteiger partial charge is 0.151 e. The van der Waals surface area contributed by atoms with Crippen LogP contribution in [0.5, 0.6) is 5.75 Å². The minimum absolute atomic E-state index is 0.123. The predicted molar refractivity (Wildman–Crippen MR) is 117 cm³/mol. The average molecular weight is 406 g/mol. The molecular weight excluding hydrogens is 378 g/mol. The van der Waals surface area contributed by atoms with Gasteiger partial charge < -0.3 is 25.4 Å². The Kier molecular flexibility index (Phi) is 5.40. The number of nitrogens with zero attached hydrogens (tertiary/aromatic N) is 3. The Bertz CT molecular complexity index is 1030. The van der Waals surface area contributed by atoms with Crippen LogP contribution in [0.3, 0.4) is 0 Å². The van der Waals surface area contributed by atoms with E-state index in [0.717, 1.165) is 54.7 Å². The summed E-state index contributed by atoms with van der Waals surface area (Å²) in [5.74, 6) is 1.77. The summed E-state index contributed by atoms with van der Waals surface area (Å²) in [7, 11) is 0. The number of aromatic nitrogens is 2. The van der Waals surface area contributed by atoms with Gasteiger partial charge in [-0.3, -0.25) is 4.57 Å². The molecule has 0 bridgehead atoms. The Morgan fingerprint density at radius 1 is 1.10 bits per heavy atom. The van der Waals surface area contributed by atoms with Gasteiger partial charge in [-0.1, -0.05) is 18.2 Å². The number of imidazole rings is 1. The summed E-state index contributed by atoms with van der Waals surface area (Å²) >= 11 is 0. The third-order valence-electron chi connectivity index (χ3n) is 5.66. The number of rotatable bonds is 6. The lowest BCUT2D eigenvalue weighted by atomic mass is 10.0. The van der Waals surface area contributed by atoms with Crippen LogP contribution in [0.15, 0.2) is 48.7 Å². The fraction of sp³-hybridized carbons (Fsp3) is 0.348. The lowest BCUT2D eigenvalue weighted by Crippen LogP contribution is -2.43. The second-order valence-electron chi connectivity index (χ2n) is 7.68. The van der Waals surface area contributed by atoms with Gasteiger partial charge >= 0.3 is 0 Å². The van der Waals surface area contributed by atoms with E-state index in [2.05, 4.69) is 67.5 Å². The van der Waals surface area contributed by atoms with Crippen molar-refractivity contribution < 1.29 is 9.84 Å². The van der Waals surface area contributed by atoms with Gasteiger partial charge in [0.05, 0.1) is 18.0 Å². The van der Waals surface area contributed by atoms with Gasteiger partial charge in [0.1, 0.15) is 12.4 Å². The predicted octanol–water partition coefficient (Wildman–Crippen LogP) is 1.92. The summed E-state index contributed by atoms with van der Waals surface area (Å²) in [4.78, 5) is 7.08. The summed E-state index contributed by atoms with van der Waals surface area (Å²) < 4.78 is 8.14. The van der Waals surface area contributed by atoms with Crippen molar-refractivity contribution in [3.63, 3.8) is 0 Å². The maximum absolute atomic E-state index is 8.93. The Morgan fingerprint density at radius 2 is 1.97 bits per heavy atom. The first kappa shape index (κ1) is 19.1. The number of ether oxygens (including phenoxy) is 1. The minimum Gasteiger partial charge on any atom is -0.483 e. The summed E-state index contributed by atoms with van der Waals surface area (Å²) in [5.41, 5.74) is 5.58. The van der Waals surface area contributed by atoms with Crippen molar-refractivity contribution in [2.75, 3.05) is 44.2 Å². The van der Waals surface area contributed by atoms with Crippen LogP contribution in [0.1, 0.15) is 11.5 Å². The molecule has 156 valence electrons. The standard InChI is InChI=1S/C23H27N5O2/c29-11-8-25-14-19-15-28-21-5-4-18(13-22(21)30-16-23(28)26-19)17-2-1-3-20(12-17)27-9-6-24-7-10-27/h1-5,12-13,15,24-25,29H,6-11,14,16H2. The Hall–Kier alpha value is -2.87. The van der Waals surface area contributed by atoms with Crippen LogP contribution in [0, 0.1) is 0 Å². The largest absolute Gasteiger partial charge is 0.483 e. The zero-order chi connectivity index (χ0) is 20.3. The van der Waals surface area contributed by atoms with Gasteiger partial charge in [0.25, 0.3) is 0 Å². The molecule has 1 saturated heterocycles. The van der Waals surface area contributed by atoms with Gasteiger partial charge in [-0.2, -0.15) is 0 Å². The zero-order valence-corrected chi connectivity index (χ0v) is 17.0. The molecule has 3 aromatic rings. The molecule has 0 saturated carbocycles. The summed E-state index contributed by atoms with van der Waals surface area (Å²) in [5, 5.41) is 15.5. The maximum atomic E-state index is 8.93. The molecule has 0 radical (unpaired) electrons. The highest BCUT2D eigenvalue weighted by Crippen LogP contribution is 2.35. The summed E-state index contributed by atoms with van der Waals surface area (Å²) in [6.45, 7) is 5.91. The SMILES string of the molecule is OCCNCc1cn2c(n1)COc1cc(-c3cccc(N4CCNCC4)c3)ccc1-2. The molecule has 7 heteroatoms. The van der Waals surface area contributed by atoms with Crippen molar-refractivity contribution in [2.45, 2.75) is 13.2 Å². The van der Waals surface area contributed by atoms with E-state index in [9.17, 15) is 0 Å². The van der Waals surface area contributed by atoms with E-state index in [4.69, 9.17) is 9.84 Å². The Morgan fingerprint density at radius 3 is 2.83 bits per heavy atom. The molecule has 2 aliphatic heterocycles. The highest BCUT2D eigenvalue weighted by Gasteiger charge is 2.20. The van der Waals surface area contributed by atoms with Gasteiger partial charge in [-0.25, -0.2) is 4.98 Å². The molecule has 2 aliphatic rings. The number of fused-ring (bicyclic) bond motifs is 3. The number of hydrogen-bond donors (Lipinski definition) is 3. The highest BCUT2D eigenvalue weighted by atomic mass is 16.5. The number of benzene rings is 2. The molecule has 30 heavy (non-hydrogen) atoms. The zero-order valence-electron chi connectivity index (χ0n) is 17.0. The second kappa shape index (κ2) is 8.47. The first-order valence-corrected chi connectivity index (χ1v) is 10.5. The molecule has 0 amide bonds. The third-order valence-corrected chi connectivity index (χ3v) is 5.66. The Labute approximate surface area is 176 Å². The molecule has 7 nitrogen and oxygen atoms in total. The number of anilines is 1. The number of aliphatic hydroxyl groups excluding tert-OH is 1. The highest BCUT2D eigenvalue weighted by molar-refractivity contribution is 5.72. The van der Waals surface area contributed by atoms with E-state index in [1.165, 1.54) is 11.3 Å². The quantitative estimate of drug-likeness (QED) is 0.544. The molecular formula is C23H27N5O2. The summed E-state index contributed by atoms with van der Waals surface area (Å²) in [6, 6.07) is 15.1. The second-order valence-corrected chi connectivity index (χ2v) is 7.68. The molecule has 3 heterocycles. The molecule has 1 aromatic heterocycles. The van der Waals surface area contributed by atoms with Crippen LogP contribution in [0.2, 0.25) is 0 Å². The van der Waals surface area contributed by atoms with Crippen molar-refractivity contribution in [3.05, 3.63) is 60.2 Å². The molecule has 0 unspecified atom stereocenters. The van der Waals surface area contributed by atoms with Crippen molar-refractivity contribution >= 4 is 5.69 Å². The third kappa shape index (κ3) is 3.79. The van der Waals surface area contributed by atoms with Crippen LogP contribution < -0.4 is 20.3 Å². The van der Waals surface area contributed by atoms with E-state index in [0.29, 0.717) is 19.7 Å². The summed E-state index contributed by atoms with van der Waals surface area (Å²) in [6.07, 6.45) is 2.05. The van der Waals surface area contributed by atoms with Crippen LogP contribution >= 0.6 is 0 Å². The monoisotopic (exact) mass is 405 g/mol. The van der Waals surface area contributed by atoms with Crippen LogP contribution in [0.25, 0.3) is 16.8 Å². The van der Waals surface area contributed by atoms with Gasteiger partial charge in [0.2, 0.25) is 0 Å². The van der Waals surface area contributed by atoms with Gasteiger partial charge in [0, 0.05) is 51.2 Å². The topological polar surface area (TPSA) is 74.6 Å². The fourth-order valence-corrected chi connectivity index (χ4v) is 4.12. The number of piperazine rings is 1. The molecule has 3 N–H and O–H groups in total. The number of aliphatic hydroxyl groups is 1. The normalized spacial score (nSPS) is 15.4. The molecule has 0 spiro atoms. The lowest BCUT2D eigenvalue weighted by molar-refractivity contribution is 0.279. The number of hydrogen-bond acceptors (Lipinski definition) is 6. The minimum atomic E-state index is 0.123. The van der Waals surface area contributed by atoms with Crippen molar-refractivity contribution in [3.8, 4) is 22.6 Å². The van der Waals surface area contributed by atoms with Crippen molar-refractivity contribution in [1.29, 1.82) is 0 Å². The van der Waals surface area contributed by atoms with E-state index >= 15 is 0 Å². The first-order valence-electron chi connectivity index (χ1n) is 10.5. The van der Waals surface area contributed by atoms with Gasteiger partial charge in [-0.15, -0.1) is 0 Å². The molecule has 0 atom stereocenters. The van der Waals surface area contributed by atoms with Crippen LogP contribution in [-0.4, -0.2) is 54.0 Å². The van der Waals surface area contributed by atoms with E-state index in [1.54, 1.807) is 0 Å². The maximum Gasteiger partial charge on any atom is 0.151 e.